The Labute approximate surface area is 100 Å². The number of ketones is 1. The molecule has 3 rings (SSSR count). The number of rotatable bonds is 2. The molecule has 0 radical (unpaired) electrons. The van der Waals surface area contributed by atoms with Crippen molar-refractivity contribution < 1.29 is 9.21 Å². The first-order valence-electron chi connectivity index (χ1n) is 6.22. The minimum absolute atomic E-state index is 0.0148. The fourth-order valence-electron chi connectivity index (χ4n) is 2.60. The van der Waals surface area contributed by atoms with Crippen LogP contribution in [0.1, 0.15) is 36.2 Å². The molecule has 1 aromatic heterocycles. The van der Waals surface area contributed by atoms with E-state index in [1.807, 2.05) is 0 Å². The third-order valence-corrected chi connectivity index (χ3v) is 3.52. The van der Waals surface area contributed by atoms with Gasteiger partial charge in [-0.2, -0.15) is 0 Å². The standard InChI is InChI=1S/C13H16N2O2/c16-13(12-6-3-7-17-12)11-8-14-9-4-1-2-5-10(9)15-11/h3,6-7,9,11,14H,1-2,4-5,8H2/t9-,11-/m0/s1. The summed E-state index contributed by atoms with van der Waals surface area (Å²) in [7, 11) is 0. The van der Waals surface area contributed by atoms with Gasteiger partial charge >= 0.3 is 0 Å². The van der Waals surface area contributed by atoms with Crippen molar-refractivity contribution in [3.63, 3.8) is 0 Å². The Bertz CT molecular complexity index is 436. The second-order valence-corrected chi connectivity index (χ2v) is 4.68. The molecule has 0 amide bonds. The van der Waals surface area contributed by atoms with Crippen molar-refractivity contribution in [3.8, 4) is 0 Å². The molecule has 0 spiro atoms. The molecule has 1 aliphatic heterocycles. The lowest BCUT2D eigenvalue weighted by molar-refractivity contribution is 0.0930. The summed E-state index contributed by atoms with van der Waals surface area (Å²) in [5.74, 6) is 0.398. The van der Waals surface area contributed by atoms with Gasteiger partial charge in [0.15, 0.2) is 5.76 Å². The predicted molar refractivity (Wildman–Crippen MR) is 64.5 cm³/mol. The summed E-state index contributed by atoms with van der Waals surface area (Å²) < 4.78 is 5.14. The fourth-order valence-corrected chi connectivity index (χ4v) is 2.60. The number of hydrogen-bond donors (Lipinski definition) is 1. The molecule has 2 atom stereocenters. The smallest absolute Gasteiger partial charge is 0.223 e. The maximum Gasteiger partial charge on any atom is 0.223 e. The van der Waals surface area contributed by atoms with Crippen LogP contribution in [-0.4, -0.2) is 30.1 Å². The summed E-state index contributed by atoms with van der Waals surface area (Å²) in [6.07, 6.45) is 6.16. The number of hydrogen-bond acceptors (Lipinski definition) is 4. The van der Waals surface area contributed by atoms with E-state index >= 15 is 0 Å². The van der Waals surface area contributed by atoms with Crippen molar-refractivity contribution in [1.82, 2.24) is 5.32 Å². The zero-order chi connectivity index (χ0) is 11.7. The van der Waals surface area contributed by atoms with Crippen molar-refractivity contribution in [2.24, 2.45) is 4.99 Å². The van der Waals surface area contributed by atoms with Gasteiger partial charge in [0.25, 0.3) is 0 Å². The maximum atomic E-state index is 12.1. The van der Waals surface area contributed by atoms with Crippen molar-refractivity contribution in [2.75, 3.05) is 6.54 Å². The first-order chi connectivity index (χ1) is 8.34. The highest BCUT2D eigenvalue weighted by Crippen LogP contribution is 2.20. The maximum absolute atomic E-state index is 12.1. The lowest BCUT2D eigenvalue weighted by atomic mass is 9.91. The number of aliphatic imine (C=N–C) groups is 1. The van der Waals surface area contributed by atoms with E-state index in [0.29, 0.717) is 18.3 Å². The molecule has 17 heavy (non-hydrogen) atoms. The minimum atomic E-state index is -0.300. The number of Topliss-reactive ketones (excluding diaryl/α,β-unsaturated/α-hetero) is 1. The van der Waals surface area contributed by atoms with Crippen LogP contribution in [0.5, 0.6) is 0 Å². The van der Waals surface area contributed by atoms with E-state index in [1.54, 1.807) is 12.1 Å². The minimum Gasteiger partial charge on any atom is -0.461 e. The summed E-state index contributed by atoms with van der Waals surface area (Å²) in [6.45, 7) is 0.633. The van der Waals surface area contributed by atoms with Crippen LogP contribution >= 0.6 is 0 Å². The Kier molecular flexibility index (Phi) is 2.81. The van der Waals surface area contributed by atoms with E-state index in [-0.39, 0.29) is 11.8 Å². The van der Waals surface area contributed by atoms with Crippen LogP contribution < -0.4 is 5.32 Å². The third kappa shape index (κ3) is 2.05. The number of furan rings is 1. The SMILES string of the molecule is O=C(c1ccco1)[C@@H]1CN[C@H]2CCCCC2=N1. The average molecular weight is 232 g/mol. The second-order valence-electron chi connectivity index (χ2n) is 4.68. The van der Waals surface area contributed by atoms with Gasteiger partial charge in [-0.3, -0.25) is 9.79 Å². The van der Waals surface area contributed by atoms with Gasteiger partial charge in [-0.25, -0.2) is 0 Å². The van der Waals surface area contributed by atoms with E-state index in [0.717, 1.165) is 12.8 Å². The van der Waals surface area contributed by atoms with Gasteiger partial charge in [0, 0.05) is 18.3 Å². The summed E-state index contributed by atoms with van der Waals surface area (Å²) >= 11 is 0. The molecule has 0 bridgehead atoms. The molecule has 4 heteroatoms. The Morgan fingerprint density at radius 2 is 2.41 bits per heavy atom. The monoisotopic (exact) mass is 232 g/mol. The number of nitrogens with zero attached hydrogens (tertiary/aromatic N) is 1. The highest BCUT2D eigenvalue weighted by Gasteiger charge is 2.30. The molecular formula is C13H16N2O2. The number of nitrogens with one attached hydrogen (secondary N) is 1. The van der Waals surface area contributed by atoms with Crippen LogP contribution in [0.4, 0.5) is 0 Å². The summed E-state index contributed by atoms with van der Waals surface area (Å²) in [6, 6.07) is 3.55. The van der Waals surface area contributed by atoms with Crippen LogP contribution in [0, 0.1) is 0 Å². The van der Waals surface area contributed by atoms with Crippen molar-refractivity contribution in [1.29, 1.82) is 0 Å². The lowest BCUT2D eigenvalue weighted by Gasteiger charge is -2.31. The highest BCUT2D eigenvalue weighted by molar-refractivity contribution is 6.01. The van der Waals surface area contributed by atoms with E-state index in [4.69, 9.17) is 4.42 Å². The van der Waals surface area contributed by atoms with Gasteiger partial charge in [-0.1, -0.05) is 6.42 Å². The van der Waals surface area contributed by atoms with Gasteiger partial charge in [0.2, 0.25) is 5.78 Å². The van der Waals surface area contributed by atoms with Crippen LogP contribution in [-0.2, 0) is 0 Å². The number of fused-ring (bicyclic) bond motifs is 1. The van der Waals surface area contributed by atoms with Gasteiger partial charge < -0.3 is 9.73 Å². The Morgan fingerprint density at radius 1 is 1.47 bits per heavy atom. The zero-order valence-corrected chi connectivity index (χ0v) is 9.69. The van der Waals surface area contributed by atoms with Crippen molar-refractivity contribution >= 4 is 11.5 Å². The van der Waals surface area contributed by atoms with Gasteiger partial charge in [0.1, 0.15) is 6.04 Å². The topological polar surface area (TPSA) is 54.6 Å². The fraction of sp³-hybridized carbons (Fsp3) is 0.538. The van der Waals surface area contributed by atoms with Gasteiger partial charge in [-0.05, 0) is 31.4 Å². The first-order valence-corrected chi connectivity index (χ1v) is 6.22. The summed E-state index contributed by atoms with van der Waals surface area (Å²) in [4.78, 5) is 16.7. The number of carbonyl (C=O) groups is 1. The van der Waals surface area contributed by atoms with Gasteiger partial charge in [-0.15, -0.1) is 0 Å². The Hall–Kier alpha value is -1.42. The van der Waals surface area contributed by atoms with E-state index in [2.05, 4.69) is 10.3 Å². The van der Waals surface area contributed by atoms with E-state index in [1.165, 1.54) is 24.8 Å². The molecule has 0 aromatic carbocycles. The van der Waals surface area contributed by atoms with Gasteiger partial charge in [0.05, 0.1) is 6.26 Å². The summed E-state index contributed by atoms with van der Waals surface area (Å²) in [5.41, 5.74) is 1.17. The molecule has 2 heterocycles. The zero-order valence-electron chi connectivity index (χ0n) is 9.69. The van der Waals surface area contributed by atoms with E-state index in [9.17, 15) is 4.79 Å². The van der Waals surface area contributed by atoms with Crippen LogP contribution in [0.25, 0.3) is 0 Å². The molecule has 1 N–H and O–H groups in total. The molecule has 1 aliphatic carbocycles. The predicted octanol–water partition coefficient (Wildman–Crippen LogP) is 1.82. The largest absolute Gasteiger partial charge is 0.461 e. The van der Waals surface area contributed by atoms with Crippen molar-refractivity contribution in [2.45, 2.75) is 37.8 Å². The molecule has 1 saturated carbocycles. The number of carbonyl (C=O) groups excluding carboxylic acids is 1. The van der Waals surface area contributed by atoms with Crippen molar-refractivity contribution in [3.05, 3.63) is 24.2 Å². The molecule has 0 saturated heterocycles. The lowest BCUT2D eigenvalue weighted by Crippen LogP contribution is -2.49. The molecule has 2 aliphatic rings. The molecule has 1 fully saturated rings. The normalized spacial score (nSPS) is 28.4. The second kappa shape index (κ2) is 4.45. The Balaban J connectivity index is 1.79. The Morgan fingerprint density at radius 3 is 3.24 bits per heavy atom. The first kappa shape index (κ1) is 10.7. The molecule has 4 nitrogen and oxygen atoms in total. The molecule has 1 aromatic rings. The summed E-state index contributed by atoms with van der Waals surface area (Å²) in [5, 5.41) is 3.42. The molecule has 90 valence electrons. The molecular weight excluding hydrogens is 216 g/mol. The van der Waals surface area contributed by atoms with E-state index < -0.39 is 0 Å². The quantitative estimate of drug-likeness (QED) is 0.791. The van der Waals surface area contributed by atoms with Crippen LogP contribution in [0.2, 0.25) is 0 Å². The van der Waals surface area contributed by atoms with Crippen LogP contribution in [0.15, 0.2) is 27.8 Å². The highest BCUT2D eigenvalue weighted by atomic mass is 16.3. The third-order valence-electron chi connectivity index (χ3n) is 3.52. The average Bonchev–Trinajstić information content (AvgIpc) is 2.91. The van der Waals surface area contributed by atoms with Crippen LogP contribution in [0.3, 0.4) is 0 Å². The molecule has 0 unspecified atom stereocenters.